The molecule has 2 aromatic rings. The molecule has 0 aliphatic rings. The first kappa shape index (κ1) is 27.1. The summed E-state index contributed by atoms with van der Waals surface area (Å²) in [6.45, 7) is 11.8. The smallest absolute Gasteiger partial charge is 0.408 e. The van der Waals surface area contributed by atoms with Crippen LogP contribution in [-0.4, -0.2) is 64.8 Å². The number of carboxylic acids is 1. The predicted molar refractivity (Wildman–Crippen MR) is 127 cm³/mol. The fourth-order valence-corrected chi connectivity index (χ4v) is 3.54. The molecule has 1 atom stereocenters. The Hall–Kier alpha value is -3.19. The molecule has 1 heterocycles. The van der Waals surface area contributed by atoms with Gasteiger partial charge in [-0.1, -0.05) is 19.6 Å². The highest BCUT2D eigenvalue weighted by atomic mass is 28.3. The lowest BCUT2D eigenvalue weighted by Gasteiger charge is -2.22. The summed E-state index contributed by atoms with van der Waals surface area (Å²) in [5.41, 5.74) is -0.651. The van der Waals surface area contributed by atoms with Gasteiger partial charge < -0.3 is 24.6 Å². The molecule has 0 radical (unpaired) electrons. The van der Waals surface area contributed by atoms with Crippen molar-refractivity contribution in [1.29, 1.82) is 0 Å². The molecule has 0 aliphatic heterocycles. The molecule has 0 saturated heterocycles. The van der Waals surface area contributed by atoms with Crippen LogP contribution in [0, 0.1) is 10.1 Å². The van der Waals surface area contributed by atoms with Crippen molar-refractivity contribution in [2.75, 3.05) is 13.2 Å². The Morgan fingerprint density at radius 3 is 2.53 bits per heavy atom. The van der Waals surface area contributed by atoms with Crippen LogP contribution in [0.25, 0.3) is 10.9 Å². The fraction of sp³-hybridized carbons (Fsp3) is 0.571. The van der Waals surface area contributed by atoms with Crippen LogP contribution in [0.4, 0.5) is 10.5 Å². The summed E-state index contributed by atoms with van der Waals surface area (Å²) in [5, 5.41) is 27.9. The average molecular weight is 497 g/mol. The highest BCUT2D eigenvalue weighted by molar-refractivity contribution is 6.76. The van der Waals surface area contributed by atoms with Gasteiger partial charge in [-0.15, -0.1) is 0 Å². The van der Waals surface area contributed by atoms with Crippen LogP contribution < -0.4 is 10.1 Å². The van der Waals surface area contributed by atoms with E-state index >= 15 is 0 Å². The zero-order valence-corrected chi connectivity index (χ0v) is 21.3. The fourth-order valence-electron chi connectivity index (χ4n) is 2.78. The number of hydrogen-bond donors (Lipinski definition) is 2. The molecule has 1 aromatic heterocycles. The second-order valence-corrected chi connectivity index (χ2v) is 15.6. The quantitative estimate of drug-likeness (QED) is 0.205. The van der Waals surface area contributed by atoms with Crippen molar-refractivity contribution in [2.24, 2.45) is 0 Å². The van der Waals surface area contributed by atoms with Crippen molar-refractivity contribution < 1.29 is 33.8 Å². The number of nitrogens with one attached hydrogen (secondary N) is 1. The van der Waals surface area contributed by atoms with E-state index in [1.807, 2.05) is 0 Å². The number of hydrogen-bond acceptors (Lipinski definition) is 8. The molecule has 12 nitrogen and oxygen atoms in total. The summed E-state index contributed by atoms with van der Waals surface area (Å²) in [6.07, 6.45) is 0.542. The van der Waals surface area contributed by atoms with Gasteiger partial charge in [0.05, 0.1) is 16.6 Å². The van der Waals surface area contributed by atoms with E-state index in [0.29, 0.717) is 17.5 Å². The first-order chi connectivity index (χ1) is 15.7. The summed E-state index contributed by atoms with van der Waals surface area (Å²) in [7, 11) is -1.25. The van der Waals surface area contributed by atoms with Gasteiger partial charge in [0.2, 0.25) is 0 Å². The van der Waals surface area contributed by atoms with E-state index in [9.17, 15) is 24.8 Å². The number of carbonyl (C=O) groups is 2. The summed E-state index contributed by atoms with van der Waals surface area (Å²) in [5.74, 6) is -1.53. The lowest BCUT2D eigenvalue weighted by molar-refractivity contribution is -0.385. The monoisotopic (exact) mass is 496 g/mol. The Morgan fingerprint density at radius 1 is 1.29 bits per heavy atom. The van der Waals surface area contributed by atoms with Crippen LogP contribution in [0.3, 0.4) is 0 Å². The largest absolute Gasteiger partial charge is 0.484 e. The van der Waals surface area contributed by atoms with Gasteiger partial charge in [-0.05, 0) is 26.8 Å². The number of fused-ring (bicyclic) bond motifs is 1. The summed E-state index contributed by atoms with van der Waals surface area (Å²) < 4.78 is 17.8. The molecule has 13 heteroatoms. The highest BCUT2D eigenvalue weighted by Crippen LogP contribution is 2.32. The summed E-state index contributed by atoms with van der Waals surface area (Å²) in [6, 6.07) is 2.20. The maximum absolute atomic E-state index is 11.9. The molecule has 0 aliphatic carbocycles. The molecule has 34 heavy (non-hydrogen) atoms. The van der Waals surface area contributed by atoms with E-state index < -0.39 is 43.3 Å². The minimum Gasteiger partial charge on any atom is -0.484 e. The lowest BCUT2D eigenvalue weighted by Crippen LogP contribution is -2.46. The maximum atomic E-state index is 11.9. The minimum atomic E-state index is -1.49. The van der Waals surface area contributed by atoms with E-state index in [0.717, 1.165) is 6.04 Å². The van der Waals surface area contributed by atoms with Gasteiger partial charge in [0.1, 0.15) is 18.9 Å². The zero-order valence-electron chi connectivity index (χ0n) is 20.3. The number of nitrogens with zero attached hydrogens (tertiary/aromatic N) is 3. The van der Waals surface area contributed by atoms with Gasteiger partial charge in [-0.3, -0.25) is 10.1 Å². The van der Waals surface area contributed by atoms with Gasteiger partial charge in [0, 0.05) is 32.2 Å². The molecule has 0 unspecified atom stereocenters. The molecule has 0 saturated carbocycles. The molecule has 2 N–H and O–H groups in total. The van der Waals surface area contributed by atoms with Crippen LogP contribution in [0.2, 0.25) is 25.7 Å². The van der Waals surface area contributed by atoms with E-state index in [-0.39, 0.29) is 18.2 Å². The molecule has 1 aromatic carbocycles. The molecule has 188 valence electrons. The number of amides is 1. The number of aromatic nitrogens is 2. The zero-order chi connectivity index (χ0) is 25.7. The Labute approximate surface area is 198 Å². The van der Waals surface area contributed by atoms with Gasteiger partial charge >= 0.3 is 17.7 Å². The first-order valence-electron chi connectivity index (χ1n) is 10.7. The van der Waals surface area contributed by atoms with E-state index in [1.165, 1.54) is 18.3 Å². The van der Waals surface area contributed by atoms with Crippen molar-refractivity contribution in [1.82, 2.24) is 15.1 Å². The number of carboxylic acid groups (broad SMARTS) is 1. The number of alkyl carbamates (subject to hydrolysis) is 1. The van der Waals surface area contributed by atoms with Gasteiger partial charge in [0.25, 0.3) is 0 Å². The number of benzene rings is 1. The van der Waals surface area contributed by atoms with Crippen molar-refractivity contribution in [3.8, 4) is 5.75 Å². The number of aliphatic carboxylic acids is 1. The van der Waals surface area contributed by atoms with Gasteiger partial charge in [-0.25, -0.2) is 14.3 Å². The summed E-state index contributed by atoms with van der Waals surface area (Å²) in [4.78, 5) is 34.4. The number of ether oxygens (including phenoxy) is 3. The highest BCUT2D eigenvalue weighted by Gasteiger charge is 2.27. The van der Waals surface area contributed by atoms with Gasteiger partial charge in [-0.2, -0.15) is 5.10 Å². The minimum absolute atomic E-state index is 0.154. The van der Waals surface area contributed by atoms with Gasteiger partial charge in [0.15, 0.2) is 11.8 Å². The lowest BCUT2D eigenvalue weighted by atomic mass is 10.2. The average Bonchev–Trinajstić information content (AvgIpc) is 3.07. The molecular weight excluding hydrogens is 464 g/mol. The molecular formula is C21H32N4O8Si. The van der Waals surface area contributed by atoms with Crippen LogP contribution in [-0.2, 0) is 21.0 Å². The Balaban J connectivity index is 2.19. The normalized spacial score (nSPS) is 12.9. The van der Waals surface area contributed by atoms with E-state index in [1.54, 1.807) is 25.5 Å². The number of nitro groups is 1. The summed E-state index contributed by atoms with van der Waals surface area (Å²) >= 11 is 0. The molecule has 0 bridgehead atoms. The van der Waals surface area contributed by atoms with Crippen molar-refractivity contribution >= 4 is 36.7 Å². The maximum Gasteiger partial charge on any atom is 0.408 e. The van der Waals surface area contributed by atoms with Crippen LogP contribution in [0.15, 0.2) is 18.3 Å². The Bertz CT molecular complexity index is 1040. The Kier molecular flexibility index (Phi) is 8.61. The van der Waals surface area contributed by atoms with E-state index in [4.69, 9.17) is 14.2 Å². The first-order valence-corrected chi connectivity index (χ1v) is 14.4. The number of carbonyl (C=O) groups excluding carboxylic acids is 1. The molecule has 1 amide bonds. The third kappa shape index (κ3) is 8.30. The third-order valence-electron chi connectivity index (χ3n) is 4.52. The third-order valence-corrected chi connectivity index (χ3v) is 6.23. The van der Waals surface area contributed by atoms with Crippen LogP contribution >= 0.6 is 0 Å². The number of nitro benzene ring substituents is 1. The van der Waals surface area contributed by atoms with Crippen molar-refractivity contribution in [2.45, 2.75) is 64.8 Å². The van der Waals surface area contributed by atoms with Crippen molar-refractivity contribution in [3.05, 3.63) is 28.4 Å². The molecule has 2 rings (SSSR count). The SMILES string of the molecule is CC(C)(C)OC(=O)N[C@@H](COc1cc2c(cnn2COCC[Si](C)(C)C)cc1[N+](=O)[O-])C(=O)O. The topological polar surface area (TPSA) is 155 Å². The van der Waals surface area contributed by atoms with E-state index in [2.05, 4.69) is 30.1 Å². The van der Waals surface area contributed by atoms with Crippen LogP contribution in [0.5, 0.6) is 5.75 Å². The predicted octanol–water partition coefficient (Wildman–Crippen LogP) is 3.61. The standard InChI is InChI=1S/C21H32N4O8Si/c1-21(2,3)33-20(28)23-15(19(26)27)12-32-18-10-16-14(9-17(18)25(29)30)11-22-24(16)13-31-7-8-34(4,5)6/h9-11,15H,7-8,12-13H2,1-6H3,(H,23,28)(H,26,27)/t15-/m0/s1. The van der Waals surface area contributed by atoms with Crippen LogP contribution in [0.1, 0.15) is 20.8 Å². The molecule has 0 spiro atoms. The van der Waals surface area contributed by atoms with Crippen molar-refractivity contribution in [3.63, 3.8) is 0 Å². The number of rotatable bonds is 11. The molecule has 0 fully saturated rings. The Morgan fingerprint density at radius 2 is 1.97 bits per heavy atom. The second-order valence-electron chi connectivity index (χ2n) is 9.98. The second kappa shape index (κ2) is 10.8.